The van der Waals surface area contributed by atoms with E-state index in [1.54, 1.807) is 0 Å². The summed E-state index contributed by atoms with van der Waals surface area (Å²) >= 11 is 0. The van der Waals surface area contributed by atoms with E-state index in [1.807, 2.05) is 12.1 Å². The molecule has 1 aliphatic rings. The Morgan fingerprint density at radius 3 is 3.00 bits per heavy atom. The average Bonchev–Trinajstić information content (AvgIpc) is 2.37. The van der Waals surface area contributed by atoms with Gasteiger partial charge in [-0.25, -0.2) is 0 Å². The Hall–Kier alpha value is -1.35. The van der Waals surface area contributed by atoms with Crippen LogP contribution in [0.15, 0.2) is 18.2 Å². The van der Waals surface area contributed by atoms with E-state index >= 15 is 0 Å². The number of hydrogen-bond donors (Lipinski definition) is 2. The van der Waals surface area contributed by atoms with Crippen molar-refractivity contribution in [1.82, 2.24) is 10.6 Å². The van der Waals surface area contributed by atoms with Crippen molar-refractivity contribution in [3.8, 4) is 0 Å². The highest BCUT2D eigenvalue weighted by atomic mass is 16.1. The lowest BCUT2D eigenvalue weighted by molar-refractivity contribution is 0.0952. The molecule has 1 amide bonds. The maximum absolute atomic E-state index is 12.0. The number of fused-ring (bicyclic) bond motifs is 1. The van der Waals surface area contributed by atoms with E-state index in [0.29, 0.717) is 5.92 Å². The summed E-state index contributed by atoms with van der Waals surface area (Å²) in [6.45, 7) is 6.99. The van der Waals surface area contributed by atoms with Crippen LogP contribution in [0.2, 0.25) is 0 Å². The van der Waals surface area contributed by atoms with Crippen LogP contribution in [0.4, 0.5) is 0 Å². The summed E-state index contributed by atoms with van der Waals surface area (Å²) in [6, 6.07) is 6.05. The van der Waals surface area contributed by atoms with Gasteiger partial charge in [0.2, 0.25) is 0 Å². The Labute approximate surface area is 109 Å². The van der Waals surface area contributed by atoms with E-state index in [0.717, 1.165) is 38.0 Å². The van der Waals surface area contributed by atoms with E-state index in [1.165, 1.54) is 11.1 Å². The largest absolute Gasteiger partial charge is 0.352 e. The number of rotatable bonds is 4. The highest BCUT2D eigenvalue weighted by Crippen LogP contribution is 2.15. The molecular weight excluding hydrogens is 224 g/mol. The number of hydrogen-bond acceptors (Lipinski definition) is 2. The summed E-state index contributed by atoms with van der Waals surface area (Å²) in [6.07, 6.45) is 2.09. The van der Waals surface area contributed by atoms with Gasteiger partial charge in [-0.3, -0.25) is 4.79 Å². The molecule has 0 atom stereocenters. The van der Waals surface area contributed by atoms with Crippen LogP contribution in [0.3, 0.4) is 0 Å². The van der Waals surface area contributed by atoms with Gasteiger partial charge in [0.25, 0.3) is 5.91 Å². The SMILES string of the molecule is CC(C)CCNC(=O)c1ccc2c(c1)CNCC2. The Bertz CT molecular complexity index is 427. The Balaban J connectivity index is 1.98. The van der Waals surface area contributed by atoms with Crippen molar-refractivity contribution in [3.05, 3.63) is 34.9 Å². The smallest absolute Gasteiger partial charge is 0.251 e. The van der Waals surface area contributed by atoms with Crippen molar-refractivity contribution >= 4 is 5.91 Å². The van der Waals surface area contributed by atoms with Crippen molar-refractivity contribution in [2.45, 2.75) is 33.2 Å². The first-order chi connectivity index (χ1) is 8.66. The van der Waals surface area contributed by atoms with Crippen LogP contribution in [0.5, 0.6) is 0 Å². The molecule has 3 heteroatoms. The van der Waals surface area contributed by atoms with E-state index in [9.17, 15) is 4.79 Å². The third-order valence-electron chi connectivity index (χ3n) is 3.36. The zero-order chi connectivity index (χ0) is 13.0. The van der Waals surface area contributed by atoms with Gasteiger partial charge in [0.05, 0.1) is 0 Å². The van der Waals surface area contributed by atoms with Gasteiger partial charge in [-0.05, 0) is 48.6 Å². The van der Waals surface area contributed by atoms with Gasteiger partial charge in [0.15, 0.2) is 0 Å². The molecule has 1 aromatic rings. The summed E-state index contributed by atoms with van der Waals surface area (Å²) in [7, 11) is 0. The minimum Gasteiger partial charge on any atom is -0.352 e. The van der Waals surface area contributed by atoms with Gasteiger partial charge in [-0.2, -0.15) is 0 Å². The van der Waals surface area contributed by atoms with Crippen LogP contribution in [-0.4, -0.2) is 19.0 Å². The molecule has 0 spiro atoms. The average molecular weight is 246 g/mol. The van der Waals surface area contributed by atoms with Gasteiger partial charge in [-0.15, -0.1) is 0 Å². The van der Waals surface area contributed by atoms with Crippen molar-refractivity contribution in [1.29, 1.82) is 0 Å². The van der Waals surface area contributed by atoms with Gasteiger partial charge in [0, 0.05) is 18.7 Å². The predicted molar refractivity (Wildman–Crippen MR) is 73.6 cm³/mol. The summed E-state index contributed by atoms with van der Waals surface area (Å²) in [4.78, 5) is 12.0. The second-order valence-corrected chi connectivity index (χ2v) is 5.35. The Kier molecular flexibility index (Phi) is 4.37. The maximum atomic E-state index is 12.0. The van der Waals surface area contributed by atoms with Gasteiger partial charge in [-0.1, -0.05) is 19.9 Å². The first-order valence-electron chi connectivity index (χ1n) is 6.77. The zero-order valence-electron chi connectivity index (χ0n) is 11.3. The van der Waals surface area contributed by atoms with Crippen LogP contribution in [0, 0.1) is 5.92 Å². The van der Waals surface area contributed by atoms with Gasteiger partial charge >= 0.3 is 0 Å². The van der Waals surface area contributed by atoms with E-state index in [4.69, 9.17) is 0 Å². The van der Waals surface area contributed by atoms with Gasteiger partial charge < -0.3 is 10.6 Å². The van der Waals surface area contributed by atoms with Crippen LogP contribution in [0.25, 0.3) is 0 Å². The molecule has 2 rings (SSSR count). The fourth-order valence-electron chi connectivity index (χ4n) is 2.20. The molecule has 0 bridgehead atoms. The number of carbonyl (C=O) groups is 1. The Morgan fingerprint density at radius 2 is 2.22 bits per heavy atom. The maximum Gasteiger partial charge on any atom is 0.251 e. The van der Waals surface area contributed by atoms with Crippen molar-refractivity contribution < 1.29 is 4.79 Å². The summed E-state index contributed by atoms with van der Waals surface area (Å²) < 4.78 is 0. The number of carbonyl (C=O) groups excluding carboxylic acids is 1. The summed E-state index contributed by atoms with van der Waals surface area (Å²) in [5.74, 6) is 0.669. The second kappa shape index (κ2) is 6.01. The molecule has 1 aliphatic heterocycles. The van der Waals surface area contributed by atoms with Crippen LogP contribution >= 0.6 is 0 Å². The van der Waals surface area contributed by atoms with Gasteiger partial charge in [0.1, 0.15) is 0 Å². The molecule has 2 N–H and O–H groups in total. The molecule has 3 nitrogen and oxygen atoms in total. The topological polar surface area (TPSA) is 41.1 Å². The minimum atomic E-state index is 0.0454. The fraction of sp³-hybridized carbons (Fsp3) is 0.533. The molecule has 18 heavy (non-hydrogen) atoms. The monoisotopic (exact) mass is 246 g/mol. The highest BCUT2D eigenvalue weighted by molar-refractivity contribution is 5.94. The van der Waals surface area contributed by atoms with E-state index in [2.05, 4.69) is 30.5 Å². The van der Waals surface area contributed by atoms with E-state index in [-0.39, 0.29) is 5.91 Å². The fourth-order valence-corrected chi connectivity index (χ4v) is 2.20. The van der Waals surface area contributed by atoms with Crippen molar-refractivity contribution in [2.75, 3.05) is 13.1 Å². The molecule has 1 aromatic carbocycles. The molecule has 0 fully saturated rings. The molecule has 0 saturated carbocycles. The summed E-state index contributed by atoms with van der Waals surface area (Å²) in [5.41, 5.74) is 3.41. The molecule has 0 saturated heterocycles. The van der Waals surface area contributed by atoms with Crippen molar-refractivity contribution in [2.24, 2.45) is 5.92 Å². The summed E-state index contributed by atoms with van der Waals surface area (Å²) in [5, 5.41) is 6.31. The third kappa shape index (κ3) is 3.33. The molecule has 0 radical (unpaired) electrons. The standard InChI is InChI=1S/C15H22N2O/c1-11(2)5-8-17-15(18)13-4-3-12-6-7-16-10-14(12)9-13/h3-4,9,11,16H,5-8,10H2,1-2H3,(H,17,18). The molecule has 0 aliphatic carbocycles. The molecule has 1 heterocycles. The lowest BCUT2D eigenvalue weighted by Gasteiger charge is -2.17. The lowest BCUT2D eigenvalue weighted by Crippen LogP contribution is -2.27. The number of benzene rings is 1. The predicted octanol–water partition coefficient (Wildman–Crippen LogP) is 2.11. The molecular formula is C15H22N2O. The quantitative estimate of drug-likeness (QED) is 0.854. The molecule has 0 unspecified atom stereocenters. The first-order valence-corrected chi connectivity index (χ1v) is 6.77. The Morgan fingerprint density at radius 1 is 1.39 bits per heavy atom. The lowest BCUT2D eigenvalue weighted by atomic mass is 9.98. The number of nitrogens with one attached hydrogen (secondary N) is 2. The molecule has 98 valence electrons. The van der Waals surface area contributed by atoms with Crippen LogP contribution in [0.1, 0.15) is 41.8 Å². The van der Waals surface area contributed by atoms with E-state index < -0.39 is 0 Å². The zero-order valence-corrected chi connectivity index (χ0v) is 11.3. The van der Waals surface area contributed by atoms with Crippen LogP contribution in [-0.2, 0) is 13.0 Å². The first kappa shape index (κ1) is 13.1. The second-order valence-electron chi connectivity index (χ2n) is 5.35. The van der Waals surface area contributed by atoms with Crippen molar-refractivity contribution in [3.63, 3.8) is 0 Å². The number of amides is 1. The van der Waals surface area contributed by atoms with Crippen LogP contribution < -0.4 is 10.6 Å². The normalized spacial score (nSPS) is 14.4. The highest BCUT2D eigenvalue weighted by Gasteiger charge is 2.12. The minimum absolute atomic E-state index is 0.0454. The molecule has 0 aromatic heterocycles. The third-order valence-corrected chi connectivity index (χ3v) is 3.36.